The highest BCUT2D eigenvalue weighted by molar-refractivity contribution is 6.12. The zero-order valence-electron chi connectivity index (χ0n) is 23.6. The number of ether oxygens (including phenoxy) is 3. The Morgan fingerprint density at radius 1 is 0.767 bits per heavy atom. The van der Waals surface area contributed by atoms with Gasteiger partial charge in [0.25, 0.3) is 11.8 Å². The van der Waals surface area contributed by atoms with E-state index in [1.807, 2.05) is 0 Å². The highest BCUT2D eigenvalue weighted by Gasteiger charge is 2.58. The SMILES string of the molecule is CC(C)(C)OC(=O)CCCN1C(=O)C(NC(=O)C2C3C=CC(O3)C2C(=O)O)C(NC(=O)C2C3C=CC(O3)C2C(=O)O)C1=O. The summed E-state index contributed by atoms with van der Waals surface area (Å²) < 4.78 is 16.3. The quantitative estimate of drug-likeness (QED) is 0.131. The standard InChI is InChI=1S/C28H33N3O12/c1-28(2,3)43-15(32)5-4-10-31-24(35)20(29-22(33)16-11-6-8-13(41-11)18(16)26(37)38)21(25(31)36)30-23(34)17-12-7-9-14(42-12)19(17)27(39)40/h6-9,11-14,16-21H,4-5,10H2,1-3H3,(H,29,33)(H,30,34)(H,37,38)(H,39,40). The van der Waals surface area contributed by atoms with Gasteiger partial charge in [-0.2, -0.15) is 0 Å². The number of aliphatic carboxylic acids is 2. The zero-order chi connectivity index (χ0) is 31.4. The molecule has 0 aromatic rings. The third-order valence-corrected chi connectivity index (χ3v) is 8.15. The molecule has 3 saturated heterocycles. The Kier molecular flexibility index (Phi) is 7.90. The molecule has 0 aromatic heterocycles. The van der Waals surface area contributed by atoms with Gasteiger partial charge in [-0.1, -0.05) is 24.3 Å². The van der Waals surface area contributed by atoms with Crippen LogP contribution in [-0.2, 0) is 47.8 Å². The maximum absolute atomic E-state index is 13.5. The fraction of sp³-hybridized carbons (Fsp3) is 0.607. The number of carbonyl (C=O) groups is 7. The summed E-state index contributed by atoms with van der Waals surface area (Å²) in [6.45, 7) is 4.84. The average Bonchev–Trinajstić information content (AvgIpc) is 3.73. The number of nitrogens with zero attached hydrogens (tertiary/aromatic N) is 1. The number of likely N-dealkylation sites (tertiary alicyclic amines) is 1. The number of esters is 1. The van der Waals surface area contributed by atoms with Crippen LogP contribution in [0.2, 0.25) is 0 Å². The molecule has 232 valence electrons. The highest BCUT2D eigenvalue weighted by atomic mass is 16.6. The third-order valence-electron chi connectivity index (χ3n) is 8.15. The molecule has 0 saturated carbocycles. The molecule has 5 heterocycles. The van der Waals surface area contributed by atoms with E-state index < -0.39 is 107 Å². The van der Waals surface area contributed by atoms with Crippen LogP contribution in [0.25, 0.3) is 0 Å². The number of rotatable bonds is 10. The summed E-state index contributed by atoms with van der Waals surface area (Å²) in [4.78, 5) is 90.5. The predicted octanol–water partition coefficient (Wildman–Crippen LogP) is -1.24. The normalized spacial score (nSPS) is 35.5. The highest BCUT2D eigenvalue weighted by Crippen LogP contribution is 2.41. The van der Waals surface area contributed by atoms with Gasteiger partial charge in [-0.05, 0) is 27.2 Å². The third kappa shape index (κ3) is 5.66. The Labute approximate surface area is 245 Å². The first kappa shape index (κ1) is 30.4. The van der Waals surface area contributed by atoms with Gasteiger partial charge in [0.15, 0.2) is 0 Å². The van der Waals surface area contributed by atoms with Crippen LogP contribution in [0.1, 0.15) is 33.6 Å². The molecule has 5 aliphatic heterocycles. The fourth-order valence-electron chi connectivity index (χ4n) is 6.34. The zero-order valence-corrected chi connectivity index (χ0v) is 23.6. The van der Waals surface area contributed by atoms with E-state index >= 15 is 0 Å². The van der Waals surface area contributed by atoms with Crippen molar-refractivity contribution in [3.63, 3.8) is 0 Å². The Bertz CT molecular complexity index is 1240. The maximum atomic E-state index is 13.5. The van der Waals surface area contributed by atoms with Crippen molar-refractivity contribution < 1.29 is 58.0 Å². The molecule has 4 bridgehead atoms. The molecular weight excluding hydrogens is 570 g/mol. The van der Waals surface area contributed by atoms with Gasteiger partial charge in [-0.15, -0.1) is 0 Å². The van der Waals surface area contributed by atoms with Gasteiger partial charge in [-0.3, -0.25) is 38.5 Å². The number of nitrogens with one attached hydrogen (secondary N) is 2. The number of carboxylic acids is 2. The minimum atomic E-state index is -1.62. The second-order valence-corrected chi connectivity index (χ2v) is 12.2. The Hall–Kier alpha value is -4.11. The number of imide groups is 1. The Morgan fingerprint density at radius 2 is 1.16 bits per heavy atom. The first-order chi connectivity index (χ1) is 20.2. The molecule has 0 aliphatic carbocycles. The summed E-state index contributed by atoms with van der Waals surface area (Å²) in [5.74, 6) is -11.4. The van der Waals surface area contributed by atoms with E-state index in [-0.39, 0.29) is 19.4 Å². The van der Waals surface area contributed by atoms with Crippen LogP contribution < -0.4 is 10.6 Å². The van der Waals surface area contributed by atoms with Gasteiger partial charge < -0.3 is 35.1 Å². The largest absolute Gasteiger partial charge is 0.481 e. The van der Waals surface area contributed by atoms with Crippen molar-refractivity contribution >= 4 is 41.5 Å². The van der Waals surface area contributed by atoms with Crippen LogP contribution in [0, 0.1) is 23.7 Å². The van der Waals surface area contributed by atoms with Crippen LogP contribution in [0.5, 0.6) is 0 Å². The molecular formula is C28H33N3O12. The molecule has 0 radical (unpaired) electrons. The molecule has 15 heteroatoms. The second-order valence-electron chi connectivity index (χ2n) is 12.2. The fourth-order valence-corrected chi connectivity index (χ4v) is 6.34. The molecule has 4 N–H and O–H groups in total. The lowest BCUT2D eigenvalue weighted by Crippen LogP contribution is -2.57. The molecule has 4 amide bonds. The summed E-state index contributed by atoms with van der Waals surface area (Å²) in [7, 11) is 0. The van der Waals surface area contributed by atoms with Crippen LogP contribution >= 0.6 is 0 Å². The number of carboxylic acid groups (broad SMARTS) is 2. The van der Waals surface area contributed by atoms with Gasteiger partial charge in [0.2, 0.25) is 11.8 Å². The molecule has 0 spiro atoms. The minimum absolute atomic E-state index is 0.0337. The van der Waals surface area contributed by atoms with Crippen molar-refractivity contribution in [3.05, 3.63) is 24.3 Å². The van der Waals surface area contributed by atoms with Crippen LogP contribution in [0.3, 0.4) is 0 Å². The van der Waals surface area contributed by atoms with Crippen LogP contribution in [0.4, 0.5) is 0 Å². The van der Waals surface area contributed by atoms with E-state index in [9.17, 15) is 43.8 Å². The summed E-state index contributed by atoms with van der Waals surface area (Å²) in [6.07, 6.45) is 2.71. The number of fused-ring (bicyclic) bond motifs is 4. The predicted molar refractivity (Wildman–Crippen MR) is 140 cm³/mol. The Morgan fingerprint density at radius 3 is 1.53 bits per heavy atom. The first-order valence-electron chi connectivity index (χ1n) is 14.0. The van der Waals surface area contributed by atoms with Crippen molar-refractivity contribution in [3.8, 4) is 0 Å². The lowest BCUT2D eigenvalue weighted by Gasteiger charge is -2.26. The van der Waals surface area contributed by atoms with Crippen molar-refractivity contribution in [2.24, 2.45) is 23.7 Å². The molecule has 3 fully saturated rings. The van der Waals surface area contributed by atoms with Gasteiger partial charge in [0.05, 0.1) is 36.3 Å². The Balaban J connectivity index is 1.34. The number of carbonyl (C=O) groups excluding carboxylic acids is 5. The van der Waals surface area contributed by atoms with Gasteiger partial charge >= 0.3 is 17.9 Å². The lowest BCUT2D eigenvalue weighted by molar-refractivity contribution is -0.155. The minimum Gasteiger partial charge on any atom is -0.481 e. The van der Waals surface area contributed by atoms with Crippen molar-refractivity contribution in [1.82, 2.24) is 15.5 Å². The summed E-state index contributed by atoms with van der Waals surface area (Å²) in [5, 5.41) is 24.3. The molecule has 0 aromatic carbocycles. The van der Waals surface area contributed by atoms with Gasteiger partial charge in [-0.25, -0.2) is 0 Å². The lowest BCUT2D eigenvalue weighted by atomic mass is 9.82. The molecule has 10 unspecified atom stereocenters. The van der Waals surface area contributed by atoms with E-state index in [0.29, 0.717) is 0 Å². The van der Waals surface area contributed by atoms with Crippen molar-refractivity contribution in [1.29, 1.82) is 0 Å². The van der Waals surface area contributed by atoms with Crippen LogP contribution in [-0.4, -0.2) is 105 Å². The number of hydrogen-bond acceptors (Lipinski definition) is 10. The van der Waals surface area contributed by atoms with Gasteiger partial charge in [0, 0.05) is 13.0 Å². The number of amides is 4. The molecule has 15 nitrogen and oxygen atoms in total. The monoisotopic (exact) mass is 603 g/mol. The molecule has 43 heavy (non-hydrogen) atoms. The summed E-state index contributed by atoms with van der Waals surface area (Å²) in [6, 6.07) is -3.25. The topological polar surface area (TPSA) is 215 Å². The van der Waals surface area contributed by atoms with E-state index in [4.69, 9.17) is 14.2 Å². The summed E-state index contributed by atoms with van der Waals surface area (Å²) >= 11 is 0. The molecule has 5 rings (SSSR count). The van der Waals surface area contributed by atoms with Crippen molar-refractivity contribution in [2.45, 2.75) is 75.7 Å². The van der Waals surface area contributed by atoms with E-state index in [2.05, 4.69) is 10.6 Å². The maximum Gasteiger partial charge on any atom is 0.310 e. The van der Waals surface area contributed by atoms with E-state index in [0.717, 1.165) is 4.90 Å². The number of hydrogen-bond donors (Lipinski definition) is 4. The van der Waals surface area contributed by atoms with Crippen LogP contribution in [0.15, 0.2) is 24.3 Å². The van der Waals surface area contributed by atoms with Crippen molar-refractivity contribution in [2.75, 3.05) is 6.54 Å². The van der Waals surface area contributed by atoms with Gasteiger partial charge in [0.1, 0.15) is 29.5 Å². The average molecular weight is 604 g/mol. The summed E-state index contributed by atoms with van der Waals surface area (Å²) in [5.41, 5.74) is -0.736. The molecule has 5 aliphatic rings. The second kappa shape index (κ2) is 11.2. The smallest absolute Gasteiger partial charge is 0.310 e. The van der Waals surface area contributed by atoms with E-state index in [1.54, 1.807) is 32.9 Å². The first-order valence-corrected chi connectivity index (χ1v) is 14.0. The van der Waals surface area contributed by atoms with E-state index in [1.165, 1.54) is 12.2 Å². The molecule has 10 atom stereocenters.